The number of hydrogen-bond donors (Lipinski definition) is 1. The molecule has 0 radical (unpaired) electrons. The summed E-state index contributed by atoms with van der Waals surface area (Å²) in [6.45, 7) is 10.5. The highest BCUT2D eigenvalue weighted by Crippen LogP contribution is 2.34. The fraction of sp³-hybridized carbons (Fsp3) is 0.667. The Morgan fingerprint density at radius 1 is 1.29 bits per heavy atom. The van der Waals surface area contributed by atoms with E-state index in [0.29, 0.717) is 12.6 Å². The Kier molecular flexibility index (Phi) is 5.15. The average molecular weight is 291 g/mol. The van der Waals surface area contributed by atoms with Gasteiger partial charge in [0.1, 0.15) is 18.1 Å². The molecule has 1 fully saturated rings. The number of methoxy groups -OCH3 is 1. The van der Waals surface area contributed by atoms with E-state index in [0.717, 1.165) is 24.0 Å². The van der Waals surface area contributed by atoms with Gasteiger partial charge in [0.2, 0.25) is 0 Å². The van der Waals surface area contributed by atoms with Crippen molar-refractivity contribution < 1.29 is 9.47 Å². The predicted octanol–water partition coefficient (Wildman–Crippen LogP) is 3.76. The minimum Gasteiger partial charge on any atom is -0.497 e. The molecular weight excluding hydrogens is 262 g/mol. The molecule has 0 aliphatic heterocycles. The number of rotatable bonds is 7. The van der Waals surface area contributed by atoms with Crippen LogP contribution in [0.2, 0.25) is 0 Å². The zero-order chi connectivity index (χ0) is 15.5. The summed E-state index contributed by atoms with van der Waals surface area (Å²) in [5.74, 6) is 2.73. The molecule has 1 atom stereocenters. The van der Waals surface area contributed by atoms with Gasteiger partial charge in [0, 0.05) is 18.2 Å². The summed E-state index contributed by atoms with van der Waals surface area (Å²) in [6, 6.07) is 6.68. The van der Waals surface area contributed by atoms with Crippen LogP contribution in [0.3, 0.4) is 0 Å². The maximum atomic E-state index is 6.00. The Morgan fingerprint density at radius 3 is 2.57 bits per heavy atom. The van der Waals surface area contributed by atoms with Gasteiger partial charge in [0.15, 0.2) is 0 Å². The van der Waals surface area contributed by atoms with E-state index in [1.54, 1.807) is 7.11 Å². The Balaban J connectivity index is 1.92. The molecule has 0 spiro atoms. The molecule has 1 unspecified atom stereocenters. The summed E-state index contributed by atoms with van der Waals surface area (Å²) in [5.41, 5.74) is 1.23. The van der Waals surface area contributed by atoms with Crippen molar-refractivity contribution in [3.8, 4) is 11.5 Å². The molecule has 1 aliphatic rings. The van der Waals surface area contributed by atoms with Crippen molar-refractivity contribution in [1.82, 2.24) is 5.32 Å². The van der Waals surface area contributed by atoms with E-state index in [4.69, 9.17) is 9.47 Å². The van der Waals surface area contributed by atoms with Crippen LogP contribution in [0.15, 0.2) is 18.2 Å². The van der Waals surface area contributed by atoms with Crippen LogP contribution in [0.4, 0.5) is 0 Å². The van der Waals surface area contributed by atoms with E-state index >= 15 is 0 Å². The smallest absolute Gasteiger partial charge is 0.123 e. The van der Waals surface area contributed by atoms with Gasteiger partial charge in [-0.15, -0.1) is 0 Å². The minimum absolute atomic E-state index is 0.0403. The molecule has 0 saturated heterocycles. The summed E-state index contributed by atoms with van der Waals surface area (Å²) in [4.78, 5) is 0. The topological polar surface area (TPSA) is 30.5 Å². The Labute approximate surface area is 129 Å². The van der Waals surface area contributed by atoms with Crippen molar-refractivity contribution in [2.24, 2.45) is 5.92 Å². The molecule has 1 N–H and O–H groups in total. The SMILES string of the molecule is COc1ccc(OCCNC(C)C2CC2)c(C(C)(C)C)c1. The monoisotopic (exact) mass is 291 g/mol. The van der Waals surface area contributed by atoms with Crippen molar-refractivity contribution in [2.75, 3.05) is 20.3 Å². The third-order valence-corrected chi connectivity index (χ3v) is 4.15. The molecule has 0 aromatic heterocycles. The number of ether oxygens (including phenoxy) is 2. The molecule has 1 saturated carbocycles. The molecule has 2 rings (SSSR count). The molecule has 0 amide bonds. The van der Waals surface area contributed by atoms with Crippen LogP contribution in [0, 0.1) is 5.92 Å². The maximum Gasteiger partial charge on any atom is 0.123 e. The molecule has 21 heavy (non-hydrogen) atoms. The van der Waals surface area contributed by atoms with E-state index in [1.807, 2.05) is 12.1 Å². The zero-order valence-corrected chi connectivity index (χ0v) is 14.0. The fourth-order valence-electron chi connectivity index (χ4n) is 2.56. The average Bonchev–Trinajstić information content (AvgIpc) is 3.27. The van der Waals surface area contributed by atoms with Gasteiger partial charge in [0.25, 0.3) is 0 Å². The molecule has 0 heterocycles. The van der Waals surface area contributed by atoms with Gasteiger partial charge in [-0.05, 0) is 49.3 Å². The number of nitrogens with one attached hydrogen (secondary N) is 1. The van der Waals surface area contributed by atoms with E-state index in [1.165, 1.54) is 18.4 Å². The van der Waals surface area contributed by atoms with Crippen LogP contribution in [0.1, 0.15) is 46.1 Å². The van der Waals surface area contributed by atoms with Crippen LogP contribution in [-0.2, 0) is 5.41 Å². The summed E-state index contributed by atoms with van der Waals surface area (Å²) in [5, 5.41) is 3.55. The van der Waals surface area contributed by atoms with E-state index in [2.05, 4.69) is 39.1 Å². The van der Waals surface area contributed by atoms with Gasteiger partial charge in [-0.2, -0.15) is 0 Å². The summed E-state index contributed by atoms with van der Waals surface area (Å²) >= 11 is 0. The van der Waals surface area contributed by atoms with Crippen molar-refractivity contribution in [3.05, 3.63) is 23.8 Å². The van der Waals surface area contributed by atoms with E-state index in [-0.39, 0.29) is 5.41 Å². The quantitative estimate of drug-likeness (QED) is 0.776. The lowest BCUT2D eigenvalue weighted by Crippen LogP contribution is -2.31. The summed E-state index contributed by atoms with van der Waals surface area (Å²) < 4.78 is 11.3. The van der Waals surface area contributed by atoms with Crippen LogP contribution in [-0.4, -0.2) is 26.3 Å². The zero-order valence-electron chi connectivity index (χ0n) is 14.0. The third kappa shape index (κ3) is 4.63. The molecule has 118 valence electrons. The second-order valence-electron chi connectivity index (χ2n) is 7.04. The highest BCUT2D eigenvalue weighted by molar-refractivity contribution is 5.44. The Bertz CT molecular complexity index is 461. The first-order valence-corrected chi connectivity index (χ1v) is 7.96. The van der Waals surface area contributed by atoms with Crippen LogP contribution >= 0.6 is 0 Å². The van der Waals surface area contributed by atoms with E-state index < -0.39 is 0 Å². The summed E-state index contributed by atoms with van der Waals surface area (Å²) in [6.07, 6.45) is 2.75. The van der Waals surface area contributed by atoms with Crippen molar-refractivity contribution in [1.29, 1.82) is 0 Å². The van der Waals surface area contributed by atoms with Crippen LogP contribution < -0.4 is 14.8 Å². The molecule has 1 aromatic rings. The normalized spacial score (nSPS) is 16.6. The lowest BCUT2D eigenvalue weighted by molar-refractivity contribution is 0.295. The van der Waals surface area contributed by atoms with E-state index in [9.17, 15) is 0 Å². The molecule has 0 bridgehead atoms. The highest BCUT2D eigenvalue weighted by atomic mass is 16.5. The van der Waals surface area contributed by atoms with Gasteiger partial charge in [-0.1, -0.05) is 20.8 Å². The number of benzene rings is 1. The first-order chi connectivity index (χ1) is 9.91. The Morgan fingerprint density at radius 2 is 2.00 bits per heavy atom. The first-order valence-electron chi connectivity index (χ1n) is 7.96. The van der Waals surface area contributed by atoms with Gasteiger partial charge >= 0.3 is 0 Å². The van der Waals surface area contributed by atoms with Crippen molar-refractivity contribution in [3.63, 3.8) is 0 Å². The van der Waals surface area contributed by atoms with Gasteiger partial charge in [-0.25, -0.2) is 0 Å². The molecule has 1 aromatic carbocycles. The predicted molar refractivity (Wildman–Crippen MR) is 87.4 cm³/mol. The molecule has 1 aliphatic carbocycles. The van der Waals surface area contributed by atoms with Gasteiger partial charge < -0.3 is 14.8 Å². The minimum atomic E-state index is 0.0403. The van der Waals surface area contributed by atoms with Crippen LogP contribution in [0.25, 0.3) is 0 Å². The molecule has 3 nitrogen and oxygen atoms in total. The lowest BCUT2D eigenvalue weighted by atomic mass is 9.86. The number of hydrogen-bond acceptors (Lipinski definition) is 3. The molecule has 3 heteroatoms. The highest BCUT2D eigenvalue weighted by Gasteiger charge is 2.27. The second kappa shape index (κ2) is 6.69. The summed E-state index contributed by atoms with van der Waals surface area (Å²) in [7, 11) is 1.70. The molecular formula is C18H29NO2. The first kappa shape index (κ1) is 16.2. The van der Waals surface area contributed by atoms with Crippen molar-refractivity contribution in [2.45, 2.75) is 52.0 Å². The lowest BCUT2D eigenvalue weighted by Gasteiger charge is -2.24. The largest absolute Gasteiger partial charge is 0.497 e. The maximum absolute atomic E-state index is 6.00. The van der Waals surface area contributed by atoms with Crippen molar-refractivity contribution >= 4 is 0 Å². The second-order valence-corrected chi connectivity index (χ2v) is 7.04. The van der Waals surface area contributed by atoms with Gasteiger partial charge in [-0.3, -0.25) is 0 Å². The third-order valence-electron chi connectivity index (χ3n) is 4.15. The fourth-order valence-corrected chi connectivity index (χ4v) is 2.56. The van der Waals surface area contributed by atoms with Gasteiger partial charge in [0.05, 0.1) is 7.11 Å². The Hall–Kier alpha value is -1.22. The van der Waals surface area contributed by atoms with Crippen LogP contribution in [0.5, 0.6) is 11.5 Å². The standard InChI is InChI=1S/C18H29NO2/c1-13(14-6-7-14)19-10-11-21-17-9-8-15(20-5)12-16(17)18(2,3)4/h8-9,12-14,19H,6-7,10-11H2,1-5H3.